The fraction of sp³-hybridized carbons (Fsp3) is 0.600. The molecule has 0 N–H and O–H groups in total. The van der Waals surface area contributed by atoms with Gasteiger partial charge in [-0.15, -0.1) is 11.3 Å². The van der Waals surface area contributed by atoms with Crippen molar-refractivity contribution in [3.05, 3.63) is 20.8 Å². The Morgan fingerprint density at radius 3 is 3.00 bits per heavy atom. The standard InChI is InChI=1S/C10H12BrNS2/c11-10-2-1-8(14-10)4-12-5-9-3-7(12)6-13-9/h1-2,7,9H,3-6H2. The van der Waals surface area contributed by atoms with E-state index < -0.39 is 0 Å². The second-order valence-corrected chi connectivity index (χ2v) is 7.86. The summed E-state index contributed by atoms with van der Waals surface area (Å²) < 4.78 is 1.26. The van der Waals surface area contributed by atoms with Gasteiger partial charge in [-0.25, -0.2) is 0 Å². The summed E-state index contributed by atoms with van der Waals surface area (Å²) >= 11 is 7.55. The van der Waals surface area contributed by atoms with Crippen LogP contribution in [0.1, 0.15) is 11.3 Å². The minimum atomic E-state index is 0.867. The Morgan fingerprint density at radius 2 is 2.43 bits per heavy atom. The first-order chi connectivity index (χ1) is 6.81. The van der Waals surface area contributed by atoms with Crippen LogP contribution in [0.2, 0.25) is 0 Å². The van der Waals surface area contributed by atoms with Gasteiger partial charge in [-0.05, 0) is 34.5 Å². The van der Waals surface area contributed by atoms with Gasteiger partial charge < -0.3 is 0 Å². The van der Waals surface area contributed by atoms with Crippen molar-refractivity contribution >= 4 is 39.0 Å². The van der Waals surface area contributed by atoms with Crippen LogP contribution >= 0.6 is 39.0 Å². The van der Waals surface area contributed by atoms with Gasteiger partial charge >= 0.3 is 0 Å². The average Bonchev–Trinajstić information content (AvgIpc) is 2.82. The number of halogens is 1. The summed E-state index contributed by atoms with van der Waals surface area (Å²) in [7, 11) is 0. The molecule has 2 fully saturated rings. The van der Waals surface area contributed by atoms with Crippen molar-refractivity contribution in [1.82, 2.24) is 4.90 Å². The van der Waals surface area contributed by atoms with Crippen molar-refractivity contribution in [1.29, 1.82) is 0 Å². The number of thioether (sulfide) groups is 1. The highest BCUT2D eigenvalue weighted by atomic mass is 79.9. The second-order valence-electron chi connectivity index (χ2n) is 3.98. The number of hydrogen-bond donors (Lipinski definition) is 0. The van der Waals surface area contributed by atoms with Crippen LogP contribution in [0.25, 0.3) is 0 Å². The summed E-state index contributed by atoms with van der Waals surface area (Å²) in [5.41, 5.74) is 0. The summed E-state index contributed by atoms with van der Waals surface area (Å²) in [5.74, 6) is 1.36. The zero-order valence-corrected chi connectivity index (χ0v) is 11.0. The van der Waals surface area contributed by atoms with Crippen molar-refractivity contribution in [3.63, 3.8) is 0 Å². The molecule has 0 radical (unpaired) electrons. The third-order valence-corrected chi connectivity index (χ3v) is 6.00. The molecular formula is C10H12BrNS2. The van der Waals surface area contributed by atoms with Gasteiger partial charge in [0.25, 0.3) is 0 Å². The van der Waals surface area contributed by atoms with Gasteiger partial charge in [0.1, 0.15) is 0 Å². The minimum absolute atomic E-state index is 0.867. The molecule has 1 nitrogen and oxygen atoms in total. The molecule has 4 heteroatoms. The van der Waals surface area contributed by atoms with E-state index in [-0.39, 0.29) is 0 Å². The van der Waals surface area contributed by atoms with Gasteiger partial charge in [0, 0.05) is 35.0 Å². The van der Waals surface area contributed by atoms with E-state index in [0.29, 0.717) is 0 Å². The van der Waals surface area contributed by atoms with Gasteiger partial charge in [0.2, 0.25) is 0 Å². The van der Waals surface area contributed by atoms with Crippen LogP contribution in [-0.4, -0.2) is 28.5 Å². The van der Waals surface area contributed by atoms with Crippen molar-refractivity contribution in [3.8, 4) is 0 Å². The van der Waals surface area contributed by atoms with E-state index in [0.717, 1.165) is 17.8 Å². The maximum atomic E-state index is 3.52. The highest BCUT2D eigenvalue weighted by Crippen LogP contribution is 2.38. The quantitative estimate of drug-likeness (QED) is 0.823. The zero-order valence-electron chi connectivity index (χ0n) is 7.78. The summed E-state index contributed by atoms with van der Waals surface area (Å²) in [6.07, 6.45) is 1.43. The smallest absolute Gasteiger partial charge is 0.0701 e. The normalized spacial score (nSPS) is 31.5. The molecular weight excluding hydrogens is 278 g/mol. The van der Waals surface area contributed by atoms with Gasteiger partial charge in [0.15, 0.2) is 0 Å². The summed E-state index contributed by atoms with van der Waals surface area (Å²) in [4.78, 5) is 4.15. The predicted octanol–water partition coefficient (Wildman–Crippen LogP) is 3.20. The van der Waals surface area contributed by atoms with Gasteiger partial charge in [-0.2, -0.15) is 11.8 Å². The Labute approximate surface area is 101 Å². The second kappa shape index (κ2) is 3.81. The van der Waals surface area contributed by atoms with Crippen LogP contribution in [0.3, 0.4) is 0 Å². The lowest BCUT2D eigenvalue weighted by atomic mass is 10.2. The molecule has 0 aliphatic carbocycles. The predicted molar refractivity (Wildman–Crippen MR) is 67.1 cm³/mol. The molecule has 3 rings (SSSR count). The van der Waals surface area contributed by atoms with Crippen LogP contribution in [0.15, 0.2) is 15.9 Å². The van der Waals surface area contributed by atoms with E-state index in [2.05, 4.69) is 44.7 Å². The van der Waals surface area contributed by atoms with E-state index in [1.807, 2.05) is 11.3 Å². The number of fused-ring (bicyclic) bond motifs is 2. The lowest BCUT2D eigenvalue weighted by Gasteiger charge is -2.25. The molecule has 2 aliphatic heterocycles. The molecule has 1 aromatic rings. The molecule has 2 bridgehead atoms. The molecule has 2 unspecified atom stereocenters. The molecule has 1 aromatic heterocycles. The third kappa shape index (κ3) is 1.77. The Bertz CT molecular complexity index is 339. The summed E-state index contributed by atoms with van der Waals surface area (Å²) in [5, 5.41) is 0.934. The summed E-state index contributed by atoms with van der Waals surface area (Å²) in [6.45, 7) is 2.48. The molecule has 76 valence electrons. The van der Waals surface area contributed by atoms with Crippen LogP contribution in [0.4, 0.5) is 0 Å². The number of hydrogen-bond acceptors (Lipinski definition) is 3. The van der Waals surface area contributed by atoms with Gasteiger partial charge in [0.05, 0.1) is 3.79 Å². The summed E-state index contributed by atoms with van der Waals surface area (Å²) in [6, 6.07) is 5.27. The van der Waals surface area contributed by atoms with Crippen LogP contribution < -0.4 is 0 Å². The first-order valence-electron chi connectivity index (χ1n) is 4.91. The fourth-order valence-corrected chi connectivity index (χ4v) is 5.31. The Kier molecular flexibility index (Phi) is 2.64. The minimum Gasteiger partial charge on any atom is -0.293 e. The molecule has 2 saturated heterocycles. The van der Waals surface area contributed by atoms with Gasteiger partial charge in [-0.1, -0.05) is 0 Å². The molecule has 14 heavy (non-hydrogen) atoms. The van der Waals surface area contributed by atoms with Crippen LogP contribution in [0.5, 0.6) is 0 Å². The average molecular weight is 290 g/mol. The first kappa shape index (κ1) is 9.70. The molecule has 0 spiro atoms. The van der Waals surface area contributed by atoms with Crippen LogP contribution in [-0.2, 0) is 6.54 Å². The van der Waals surface area contributed by atoms with E-state index >= 15 is 0 Å². The maximum Gasteiger partial charge on any atom is 0.0701 e. The highest BCUT2D eigenvalue weighted by Gasteiger charge is 2.38. The van der Waals surface area contributed by atoms with Crippen molar-refractivity contribution < 1.29 is 0 Å². The number of nitrogens with zero attached hydrogens (tertiary/aromatic N) is 1. The first-order valence-corrected chi connectivity index (χ1v) is 7.57. The third-order valence-electron chi connectivity index (χ3n) is 3.00. The molecule has 0 aromatic carbocycles. The monoisotopic (exact) mass is 289 g/mol. The number of rotatable bonds is 2. The van der Waals surface area contributed by atoms with Crippen LogP contribution in [0, 0.1) is 0 Å². The van der Waals surface area contributed by atoms with E-state index in [4.69, 9.17) is 0 Å². The molecule has 0 saturated carbocycles. The topological polar surface area (TPSA) is 3.24 Å². The van der Waals surface area contributed by atoms with Crippen molar-refractivity contribution in [2.45, 2.75) is 24.3 Å². The van der Waals surface area contributed by atoms with Crippen molar-refractivity contribution in [2.75, 3.05) is 12.3 Å². The molecule has 0 amide bonds. The van der Waals surface area contributed by atoms with E-state index in [9.17, 15) is 0 Å². The highest BCUT2D eigenvalue weighted by molar-refractivity contribution is 9.11. The van der Waals surface area contributed by atoms with Gasteiger partial charge in [-0.3, -0.25) is 4.90 Å². The lowest BCUT2D eigenvalue weighted by molar-refractivity contribution is 0.263. The van der Waals surface area contributed by atoms with Crippen molar-refractivity contribution in [2.24, 2.45) is 0 Å². The molecule has 3 heterocycles. The molecule has 2 atom stereocenters. The number of likely N-dealkylation sites (tertiary alicyclic amines) is 1. The molecule has 2 aliphatic rings. The SMILES string of the molecule is Brc1ccc(CN2CC3CC2CS3)s1. The fourth-order valence-electron chi connectivity index (χ4n) is 2.31. The largest absolute Gasteiger partial charge is 0.293 e. The number of thiophene rings is 1. The Morgan fingerprint density at radius 1 is 1.50 bits per heavy atom. The lowest BCUT2D eigenvalue weighted by Crippen LogP contribution is -2.32. The van der Waals surface area contributed by atoms with E-state index in [1.165, 1.54) is 27.4 Å². The Hall–Kier alpha value is 0.490. The van der Waals surface area contributed by atoms with E-state index in [1.54, 1.807) is 0 Å². The Balaban J connectivity index is 1.68. The maximum absolute atomic E-state index is 3.52. The zero-order chi connectivity index (χ0) is 9.54.